The molecule has 0 amide bonds. The number of hydrogen-bond donors (Lipinski definition) is 3. The molecule has 0 saturated heterocycles. The van der Waals surface area contributed by atoms with Crippen LogP contribution in [0.1, 0.15) is 36.1 Å². The van der Waals surface area contributed by atoms with Crippen molar-refractivity contribution in [3.05, 3.63) is 47.2 Å². The highest BCUT2D eigenvalue weighted by Crippen LogP contribution is 2.26. The molecule has 0 spiro atoms. The summed E-state index contributed by atoms with van der Waals surface area (Å²) in [6.07, 6.45) is 3.94. The first kappa shape index (κ1) is 13.6. The van der Waals surface area contributed by atoms with Crippen molar-refractivity contribution in [2.75, 3.05) is 5.73 Å². The van der Waals surface area contributed by atoms with E-state index in [2.05, 4.69) is 41.7 Å². The van der Waals surface area contributed by atoms with Crippen LogP contribution in [-0.4, -0.2) is 9.78 Å². The van der Waals surface area contributed by atoms with Gasteiger partial charge in [0.2, 0.25) is 0 Å². The quantitative estimate of drug-likeness (QED) is 0.561. The maximum atomic E-state index is 6.02. The zero-order chi connectivity index (χ0) is 13.8. The van der Waals surface area contributed by atoms with Crippen molar-refractivity contribution in [1.82, 2.24) is 15.2 Å². The molecule has 1 aromatic carbocycles. The molecule has 1 atom stereocenters. The van der Waals surface area contributed by atoms with Gasteiger partial charge in [-0.05, 0) is 17.5 Å². The van der Waals surface area contributed by atoms with Crippen LogP contribution < -0.4 is 17.0 Å². The number of aryl methyl sites for hydroxylation is 2. The van der Waals surface area contributed by atoms with E-state index >= 15 is 0 Å². The predicted octanol–water partition coefficient (Wildman–Crippen LogP) is 1.51. The van der Waals surface area contributed by atoms with Crippen LogP contribution in [-0.2, 0) is 13.5 Å². The third-order valence-corrected chi connectivity index (χ3v) is 3.32. The summed E-state index contributed by atoms with van der Waals surface area (Å²) in [6, 6.07) is 8.27. The highest BCUT2D eigenvalue weighted by atomic mass is 15.3. The fourth-order valence-corrected chi connectivity index (χ4v) is 2.27. The number of benzene rings is 1. The van der Waals surface area contributed by atoms with Crippen LogP contribution in [0.25, 0.3) is 0 Å². The minimum atomic E-state index is -0.134. The third-order valence-electron chi connectivity index (χ3n) is 3.32. The Kier molecular flexibility index (Phi) is 4.19. The summed E-state index contributed by atoms with van der Waals surface area (Å²) in [5.74, 6) is 6.32. The number of nitrogen functional groups attached to an aromatic ring is 1. The van der Waals surface area contributed by atoms with Crippen LogP contribution >= 0.6 is 0 Å². The standard InChI is InChI=1S/C14H21N5/c1-3-5-10-6-4-7-11(8-10)13(18-16)12-9-17-19(2)14(12)15/h4,6-9,13,18H,3,5,15-16H2,1-2H3. The Balaban J connectivity index is 2.36. The van der Waals surface area contributed by atoms with Gasteiger partial charge in [-0.15, -0.1) is 0 Å². The normalized spacial score (nSPS) is 12.6. The van der Waals surface area contributed by atoms with Gasteiger partial charge in [0.25, 0.3) is 0 Å². The van der Waals surface area contributed by atoms with E-state index in [-0.39, 0.29) is 6.04 Å². The highest BCUT2D eigenvalue weighted by molar-refractivity contribution is 5.45. The average Bonchev–Trinajstić information content (AvgIpc) is 2.73. The van der Waals surface area contributed by atoms with E-state index in [1.165, 1.54) is 5.56 Å². The second-order valence-corrected chi connectivity index (χ2v) is 4.70. The summed E-state index contributed by atoms with van der Waals surface area (Å²) in [4.78, 5) is 0. The Hall–Kier alpha value is -1.85. The summed E-state index contributed by atoms with van der Waals surface area (Å²) in [7, 11) is 1.82. The number of nitrogens with zero attached hydrogens (tertiary/aromatic N) is 2. The summed E-state index contributed by atoms with van der Waals surface area (Å²) in [6.45, 7) is 2.17. The molecule has 0 radical (unpaired) electrons. The molecule has 0 aliphatic rings. The first-order valence-corrected chi connectivity index (χ1v) is 6.49. The predicted molar refractivity (Wildman–Crippen MR) is 77.2 cm³/mol. The van der Waals surface area contributed by atoms with E-state index in [0.29, 0.717) is 5.82 Å². The smallest absolute Gasteiger partial charge is 0.126 e. The Morgan fingerprint density at radius 2 is 2.21 bits per heavy atom. The van der Waals surface area contributed by atoms with Crippen LogP contribution in [0.15, 0.2) is 30.5 Å². The Morgan fingerprint density at radius 1 is 1.42 bits per heavy atom. The minimum absolute atomic E-state index is 0.134. The number of nitrogens with two attached hydrogens (primary N) is 2. The van der Waals surface area contributed by atoms with Crippen LogP contribution in [0, 0.1) is 0 Å². The van der Waals surface area contributed by atoms with Crippen molar-refractivity contribution in [3.63, 3.8) is 0 Å². The molecular formula is C14H21N5. The second kappa shape index (κ2) is 5.86. The molecule has 5 N–H and O–H groups in total. The van der Waals surface area contributed by atoms with E-state index in [1.807, 2.05) is 7.05 Å². The van der Waals surface area contributed by atoms with Gasteiger partial charge in [-0.25, -0.2) is 5.43 Å². The lowest BCUT2D eigenvalue weighted by molar-refractivity contribution is 0.637. The van der Waals surface area contributed by atoms with E-state index in [9.17, 15) is 0 Å². The van der Waals surface area contributed by atoms with Gasteiger partial charge in [-0.1, -0.05) is 37.6 Å². The lowest BCUT2D eigenvalue weighted by Crippen LogP contribution is -2.29. The average molecular weight is 259 g/mol. The molecule has 19 heavy (non-hydrogen) atoms. The monoisotopic (exact) mass is 259 g/mol. The molecule has 2 aromatic rings. The van der Waals surface area contributed by atoms with Gasteiger partial charge >= 0.3 is 0 Å². The topological polar surface area (TPSA) is 81.9 Å². The van der Waals surface area contributed by atoms with Crippen molar-refractivity contribution in [2.45, 2.75) is 25.8 Å². The zero-order valence-corrected chi connectivity index (χ0v) is 11.4. The number of hydrazine groups is 1. The van der Waals surface area contributed by atoms with Crippen molar-refractivity contribution in [2.24, 2.45) is 12.9 Å². The van der Waals surface area contributed by atoms with Gasteiger partial charge < -0.3 is 5.73 Å². The fraction of sp³-hybridized carbons (Fsp3) is 0.357. The molecular weight excluding hydrogens is 238 g/mol. The molecule has 102 valence electrons. The minimum Gasteiger partial charge on any atom is -0.384 e. The van der Waals surface area contributed by atoms with E-state index in [0.717, 1.165) is 24.0 Å². The lowest BCUT2D eigenvalue weighted by atomic mass is 9.98. The largest absolute Gasteiger partial charge is 0.384 e. The Morgan fingerprint density at radius 3 is 2.79 bits per heavy atom. The molecule has 0 fully saturated rings. The van der Waals surface area contributed by atoms with Gasteiger partial charge in [0.15, 0.2) is 0 Å². The lowest BCUT2D eigenvalue weighted by Gasteiger charge is -2.17. The molecule has 2 rings (SSSR count). The van der Waals surface area contributed by atoms with Crippen molar-refractivity contribution in [1.29, 1.82) is 0 Å². The second-order valence-electron chi connectivity index (χ2n) is 4.70. The number of aromatic nitrogens is 2. The van der Waals surface area contributed by atoms with Gasteiger partial charge in [0, 0.05) is 12.6 Å². The SMILES string of the molecule is CCCc1cccc(C(NN)c2cnn(C)c2N)c1. The highest BCUT2D eigenvalue weighted by Gasteiger charge is 2.18. The van der Waals surface area contributed by atoms with E-state index in [4.69, 9.17) is 11.6 Å². The van der Waals surface area contributed by atoms with E-state index in [1.54, 1.807) is 10.9 Å². The first-order valence-electron chi connectivity index (χ1n) is 6.49. The van der Waals surface area contributed by atoms with Gasteiger partial charge in [0.05, 0.1) is 12.2 Å². The first-order chi connectivity index (χ1) is 9.17. The summed E-state index contributed by atoms with van der Waals surface area (Å²) < 4.78 is 1.65. The van der Waals surface area contributed by atoms with Crippen molar-refractivity contribution < 1.29 is 0 Å². The number of rotatable bonds is 5. The molecule has 0 saturated carbocycles. The summed E-state index contributed by atoms with van der Waals surface area (Å²) >= 11 is 0. The molecule has 5 nitrogen and oxygen atoms in total. The van der Waals surface area contributed by atoms with Crippen molar-refractivity contribution in [3.8, 4) is 0 Å². The number of nitrogens with one attached hydrogen (secondary N) is 1. The van der Waals surface area contributed by atoms with Gasteiger partial charge in [-0.3, -0.25) is 10.5 Å². The van der Waals surface area contributed by atoms with Crippen LogP contribution in [0.3, 0.4) is 0 Å². The molecule has 1 unspecified atom stereocenters. The third kappa shape index (κ3) is 2.77. The maximum absolute atomic E-state index is 6.02. The number of hydrogen-bond acceptors (Lipinski definition) is 4. The van der Waals surface area contributed by atoms with Crippen LogP contribution in [0.4, 0.5) is 5.82 Å². The van der Waals surface area contributed by atoms with Crippen LogP contribution in [0.2, 0.25) is 0 Å². The molecule has 1 heterocycles. The zero-order valence-electron chi connectivity index (χ0n) is 11.4. The molecule has 1 aromatic heterocycles. The number of anilines is 1. The summed E-state index contributed by atoms with van der Waals surface area (Å²) in [5, 5.41) is 4.17. The van der Waals surface area contributed by atoms with Crippen LogP contribution in [0.5, 0.6) is 0 Å². The van der Waals surface area contributed by atoms with Gasteiger partial charge in [-0.2, -0.15) is 5.10 Å². The Bertz CT molecular complexity index is 547. The van der Waals surface area contributed by atoms with Crippen molar-refractivity contribution >= 4 is 5.82 Å². The molecule has 0 bridgehead atoms. The molecule has 5 heteroatoms. The van der Waals surface area contributed by atoms with Gasteiger partial charge in [0.1, 0.15) is 5.82 Å². The Labute approximate surface area is 113 Å². The molecule has 0 aliphatic carbocycles. The molecule has 0 aliphatic heterocycles. The summed E-state index contributed by atoms with van der Waals surface area (Å²) in [5.41, 5.74) is 12.2. The maximum Gasteiger partial charge on any atom is 0.126 e. The van der Waals surface area contributed by atoms with E-state index < -0.39 is 0 Å². The fourth-order valence-electron chi connectivity index (χ4n) is 2.27.